The van der Waals surface area contributed by atoms with E-state index in [1.165, 1.54) is 44.9 Å². The van der Waals surface area contributed by atoms with Crippen molar-refractivity contribution in [3.8, 4) is 0 Å². The molecular weight excluding hydrogens is 148 g/mol. The Labute approximate surface area is 127 Å². The zero-order chi connectivity index (χ0) is 11.0. The molecule has 4 heteroatoms. The van der Waals surface area contributed by atoms with E-state index >= 15 is 0 Å². The predicted molar refractivity (Wildman–Crippen MR) is 67.5 cm³/mol. The van der Waals surface area contributed by atoms with Gasteiger partial charge >= 0.3 is 129 Å². The van der Waals surface area contributed by atoms with Gasteiger partial charge in [-0.25, -0.2) is 0 Å². The molecule has 0 aliphatic heterocycles. The van der Waals surface area contributed by atoms with E-state index in [0.717, 1.165) is 4.59 Å². The molecule has 0 nitrogen and oxygen atoms in total. The average molecular weight is 166 g/mol. The summed E-state index contributed by atoms with van der Waals surface area (Å²) in [6.45, 7) is 2.28. The van der Waals surface area contributed by atoms with Crippen molar-refractivity contribution in [3.05, 3.63) is 0 Å². The molecular formula is C10H18Li4. The minimum atomic E-state index is 0.503. The molecule has 0 aromatic carbocycles. The van der Waals surface area contributed by atoms with Gasteiger partial charge in [0.1, 0.15) is 0 Å². The van der Waals surface area contributed by atoms with E-state index in [0.29, 0.717) is 1.43 Å². The molecule has 0 saturated heterocycles. The van der Waals surface area contributed by atoms with Gasteiger partial charge < -0.3 is 0 Å². The number of unbranched alkanes of at least 4 members (excludes halogenated alkanes) is 5. The Balaban J connectivity index is 3.28. The van der Waals surface area contributed by atoms with E-state index in [-0.39, 0.29) is 0 Å². The molecule has 0 aromatic rings. The molecule has 1 unspecified atom stereocenters. The molecule has 0 aromatic heterocycles. The molecule has 0 N–H and O–H groups in total. The van der Waals surface area contributed by atoms with Crippen molar-refractivity contribution in [3.63, 3.8) is 0 Å². The van der Waals surface area contributed by atoms with Gasteiger partial charge in [-0.05, 0) is 0 Å². The monoisotopic (exact) mass is 166 g/mol. The number of hydrogen-bond acceptors (Lipinski definition) is 0. The molecule has 0 fully saturated rings. The Morgan fingerprint density at radius 2 is 1.43 bits per heavy atom. The van der Waals surface area contributed by atoms with Crippen LogP contribution < -0.4 is 0 Å². The first kappa shape index (κ1) is 16.4. The molecule has 0 amide bonds. The van der Waals surface area contributed by atoms with E-state index in [1.54, 1.807) is 0 Å². The van der Waals surface area contributed by atoms with E-state index < -0.39 is 0 Å². The number of rotatable bonds is 8. The first-order valence-electron chi connectivity index (χ1n) is 6.48. The average Bonchev–Trinajstić information content (AvgIpc) is 2.09. The van der Waals surface area contributed by atoms with Gasteiger partial charge in [0.15, 0.2) is 0 Å². The van der Waals surface area contributed by atoms with Gasteiger partial charge in [-0.3, -0.25) is 0 Å². The summed E-state index contributed by atoms with van der Waals surface area (Å²) in [7, 11) is 0. The first-order valence-corrected chi connectivity index (χ1v) is 6.48. The standard InChI is InChI=1S/C10H18.4Li/c1-3-5-7-9-10-8-6-4-2;;;;/h4H,3,5-10H2,1H3;;;;. The van der Waals surface area contributed by atoms with E-state index in [2.05, 4.69) is 77.8 Å². The predicted octanol–water partition coefficient (Wildman–Crippen LogP) is 2.27. The summed E-state index contributed by atoms with van der Waals surface area (Å²) < 4.78 is 1.37. The van der Waals surface area contributed by atoms with Crippen LogP contribution >= 0.6 is 0 Å². The molecule has 62 valence electrons. The van der Waals surface area contributed by atoms with Crippen LogP contribution in [0.25, 0.3) is 0 Å². The van der Waals surface area contributed by atoms with Crippen LogP contribution in [0.3, 0.4) is 0 Å². The van der Waals surface area contributed by atoms with Crippen LogP contribution in [0, 0.1) is 0 Å². The topological polar surface area (TPSA) is 0 Å². The van der Waals surface area contributed by atoms with Gasteiger partial charge in [0.25, 0.3) is 0 Å². The van der Waals surface area contributed by atoms with E-state index in [4.69, 9.17) is 0 Å². The van der Waals surface area contributed by atoms with Gasteiger partial charge in [0.05, 0.1) is 0 Å². The second-order valence-corrected chi connectivity index (χ2v) is 5.82. The van der Waals surface area contributed by atoms with Gasteiger partial charge in [-0.15, -0.1) is 0 Å². The molecule has 14 heavy (non-hydrogen) atoms. The van der Waals surface area contributed by atoms with Crippen molar-refractivity contribution in [2.45, 2.75) is 57.9 Å². The Hall–Kier alpha value is 2.39. The quantitative estimate of drug-likeness (QED) is 0.383. The van der Waals surface area contributed by atoms with Gasteiger partial charge in [0.2, 0.25) is 0 Å². The SMILES string of the molecule is [Li][CH](CCCCCCCC)[C]([Li])([Li])[Li]. The fourth-order valence-electron chi connectivity index (χ4n) is 1.66. The van der Waals surface area contributed by atoms with Crippen molar-refractivity contribution in [2.75, 3.05) is 0 Å². The third-order valence-corrected chi connectivity index (χ3v) is 3.47. The fraction of sp³-hybridized carbons (Fsp3) is 1.00. The third-order valence-electron chi connectivity index (χ3n) is 3.47. The summed E-state index contributed by atoms with van der Waals surface area (Å²) in [5.41, 5.74) is 0. The van der Waals surface area contributed by atoms with Crippen LogP contribution in [0.4, 0.5) is 0 Å². The first-order chi connectivity index (χ1) is 6.48. The molecule has 0 radical (unpaired) electrons. The summed E-state index contributed by atoms with van der Waals surface area (Å²) in [5.74, 6) is 0. The normalized spacial score (nSPS) is 14.6. The van der Waals surface area contributed by atoms with Crippen LogP contribution in [0.1, 0.15) is 51.9 Å². The van der Waals surface area contributed by atoms with Gasteiger partial charge in [0, 0.05) is 0 Å². The van der Waals surface area contributed by atoms with Crippen molar-refractivity contribution in [2.24, 2.45) is 0 Å². The van der Waals surface area contributed by atoms with Crippen molar-refractivity contribution in [1.29, 1.82) is 0 Å². The fourth-order valence-corrected chi connectivity index (χ4v) is 1.66. The molecule has 0 spiro atoms. The van der Waals surface area contributed by atoms with Crippen LogP contribution in [0.5, 0.6) is 0 Å². The minimum absolute atomic E-state index is 0.503. The van der Waals surface area contributed by atoms with Crippen LogP contribution in [0.15, 0.2) is 0 Å². The van der Waals surface area contributed by atoms with Crippen molar-refractivity contribution >= 4 is 70.9 Å². The van der Waals surface area contributed by atoms with Crippen molar-refractivity contribution < 1.29 is 0 Å². The van der Waals surface area contributed by atoms with E-state index in [9.17, 15) is 0 Å². The van der Waals surface area contributed by atoms with Gasteiger partial charge in [-0.2, -0.15) is 0 Å². The summed E-state index contributed by atoms with van der Waals surface area (Å²) >= 11 is 9.46. The Kier molecular flexibility index (Phi) is 11.0. The second kappa shape index (κ2) is 9.42. The van der Waals surface area contributed by atoms with Crippen molar-refractivity contribution in [1.82, 2.24) is 0 Å². The van der Waals surface area contributed by atoms with Crippen LogP contribution in [-0.4, -0.2) is 70.9 Å². The van der Waals surface area contributed by atoms with Crippen LogP contribution in [0.2, 0.25) is 6.03 Å². The molecule has 1 atom stereocenters. The molecule has 0 bridgehead atoms. The summed E-state index contributed by atoms with van der Waals surface area (Å²) in [5, 5.41) is 0. The molecule has 0 rings (SSSR count). The zero-order valence-electron chi connectivity index (χ0n) is 11.0. The summed E-state index contributed by atoms with van der Waals surface area (Å²) in [4.78, 5) is 0. The van der Waals surface area contributed by atoms with Crippen LogP contribution in [-0.2, 0) is 0 Å². The molecule has 0 heterocycles. The Bertz CT molecular complexity index is 131. The summed E-state index contributed by atoms with van der Waals surface area (Å²) in [6, 6.07) is 0. The Morgan fingerprint density at radius 3 is 1.93 bits per heavy atom. The number of hydrogen-bond donors (Lipinski definition) is 0. The van der Waals surface area contributed by atoms with E-state index in [1.807, 2.05) is 0 Å². The molecule has 0 aliphatic carbocycles. The van der Waals surface area contributed by atoms with Gasteiger partial charge in [-0.1, -0.05) is 0 Å². The molecule has 0 aliphatic rings. The maximum atomic E-state index is 2.39. The summed E-state index contributed by atoms with van der Waals surface area (Å²) in [6.07, 6.45) is 9.97. The maximum absolute atomic E-state index is 2.39. The Morgan fingerprint density at radius 1 is 0.929 bits per heavy atom. The second-order valence-electron chi connectivity index (χ2n) is 5.82. The molecule has 0 saturated carbocycles. The third kappa shape index (κ3) is 9.60. The zero-order valence-corrected chi connectivity index (χ0v) is 11.0.